The number of aliphatic hydroxyl groups excluding tert-OH is 2. The van der Waals surface area contributed by atoms with E-state index in [4.69, 9.17) is 26.0 Å². The van der Waals surface area contributed by atoms with Crippen molar-refractivity contribution in [2.24, 2.45) is 5.73 Å². The summed E-state index contributed by atoms with van der Waals surface area (Å²) in [6, 6.07) is 0. The number of nitrogens with zero attached hydrogens (tertiary/aromatic N) is 2. The Morgan fingerprint density at radius 3 is 2.59 bits per heavy atom. The number of aromatic nitrogens is 2. The molecule has 1 fully saturated rings. The first-order valence-corrected chi connectivity index (χ1v) is 7.48. The number of aliphatic hydroxyl groups is 2. The summed E-state index contributed by atoms with van der Waals surface area (Å²) in [5.41, 5.74) is 10.5. The first-order valence-electron chi connectivity index (χ1n) is 5.95. The Balaban J connectivity index is 2.16. The van der Waals surface area contributed by atoms with E-state index in [1.807, 2.05) is 0 Å². The maximum absolute atomic E-state index is 11.1. The number of ether oxygens (including phenoxy) is 1. The van der Waals surface area contributed by atoms with Crippen LogP contribution in [0.3, 0.4) is 0 Å². The Hall–Kier alpha value is -1.53. The van der Waals surface area contributed by atoms with E-state index in [9.17, 15) is 19.6 Å². The van der Waals surface area contributed by atoms with Gasteiger partial charge in [0.15, 0.2) is 11.9 Å². The zero-order valence-corrected chi connectivity index (χ0v) is 11.9. The third-order valence-corrected chi connectivity index (χ3v) is 3.57. The van der Waals surface area contributed by atoms with E-state index in [-0.39, 0.29) is 11.5 Å². The van der Waals surface area contributed by atoms with Gasteiger partial charge in [0.1, 0.15) is 24.1 Å². The molecule has 1 unspecified atom stereocenters. The van der Waals surface area contributed by atoms with Gasteiger partial charge in [-0.3, -0.25) is 13.9 Å². The number of phosphoric ester groups is 1. The van der Waals surface area contributed by atoms with Gasteiger partial charge in [0.05, 0.1) is 12.9 Å². The number of nitrogens with two attached hydrogens (primary N) is 2. The van der Waals surface area contributed by atoms with Gasteiger partial charge in [-0.2, -0.15) is 0 Å². The summed E-state index contributed by atoms with van der Waals surface area (Å²) in [4.78, 5) is 32.0. The molecule has 22 heavy (non-hydrogen) atoms. The van der Waals surface area contributed by atoms with Crippen molar-refractivity contribution in [1.82, 2.24) is 9.55 Å². The van der Waals surface area contributed by atoms with Crippen molar-refractivity contribution in [2.45, 2.75) is 24.5 Å². The van der Waals surface area contributed by atoms with Crippen molar-refractivity contribution in [1.29, 1.82) is 0 Å². The third-order valence-electron chi connectivity index (χ3n) is 3.08. The number of rotatable bonds is 5. The topological polar surface area (TPSA) is 203 Å². The predicted octanol–water partition coefficient (Wildman–Crippen LogP) is -2.71. The van der Waals surface area contributed by atoms with Crippen LogP contribution in [0.2, 0.25) is 0 Å². The van der Waals surface area contributed by atoms with Crippen LogP contribution in [0, 0.1) is 0 Å². The van der Waals surface area contributed by atoms with Gasteiger partial charge >= 0.3 is 7.82 Å². The second-order valence-electron chi connectivity index (χ2n) is 4.58. The molecule has 1 aliphatic rings. The highest BCUT2D eigenvalue weighted by molar-refractivity contribution is 7.46. The van der Waals surface area contributed by atoms with Crippen LogP contribution in [-0.4, -0.2) is 60.4 Å². The van der Waals surface area contributed by atoms with E-state index in [1.54, 1.807) is 0 Å². The van der Waals surface area contributed by atoms with E-state index in [2.05, 4.69) is 9.51 Å². The molecule has 13 heteroatoms. The molecule has 8 N–H and O–H groups in total. The van der Waals surface area contributed by atoms with Gasteiger partial charge in [-0.15, -0.1) is 0 Å². The van der Waals surface area contributed by atoms with Gasteiger partial charge in [0.2, 0.25) is 0 Å². The molecule has 0 radical (unpaired) electrons. The van der Waals surface area contributed by atoms with E-state index < -0.39 is 44.9 Å². The van der Waals surface area contributed by atoms with Crippen molar-refractivity contribution in [3.63, 3.8) is 0 Å². The Morgan fingerprint density at radius 2 is 2.09 bits per heavy atom. The van der Waals surface area contributed by atoms with Gasteiger partial charge in [0, 0.05) is 0 Å². The van der Waals surface area contributed by atoms with E-state index in [0.29, 0.717) is 0 Å². The number of primary amides is 1. The summed E-state index contributed by atoms with van der Waals surface area (Å²) in [6.07, 6.45) is -4.33. The summed E-state index contributed by atoms with van der Waals surface area (Å²) in [5, 5.41) is 19.8. The number of phosphoric acid groups is 1. The molecule has 0 saturated carbocycles. The molecule has 2 rings (SSSR count). The fourth-order valence-corrected chi connectivity index (χ4v) is 2.37. The zero-order valence-electron chi connectivity index (χ0n) is 11.0. The molecule has 2 heterocycles. The van der Waals surface area contributed by atoms with Crippen molar-refractivity contribution in [2.75, 3.05) is 12.3 Å². The standard InChI is InChI=1S/C9H15N4O8P/c10-7-4(8(11)16)12-2-13(7)9-6(15)5(14)3(21-9)1-20-22(17,18)19/h2-3,5-6,9,14-15H,1,10H2,(H2,11,16)(H2,17,18,19)/t3-,5?,6-,9-/m1/s1. The highest BCUT2D eigenvalue weighted by atomic mass is 31.2. The summed E-state index contributed by atoms with van der Waals surface area (Å²) >= 11 is 0. The lowest BCUT2D eigenvalue weighted by Crippen LogP contribution is -2.33. The van der Waals surface area contributed by atoms with Crippen molar-refractivity contribution >= 4 is 19.5 Å². The largest absolute Gasteiger partial charge is 0.469 e. The molecule has 1 amide bonds. The highest BCUT2D eigenvalue weighted by Crippen LogP contribution is 2.38. The molecule has 4 atom stereocenters. The Kier molecular flexibility index (Phi) is 4.54. The normalized spacial score (nSPS) is 28.9. The van der Waals surface area contributed by atoms with E-state index in [1.165, 1.54) is 0 Å². The molecule has 0 bridgehead atoms. The lowest BCUT2D eigenvalue weighted by Gasteiger charge is -2.17. The van der Waals surface area contributed by atoms with Gasteiger partial charge < -0.3 is 36.2 Å². The van der Waals surface area contributed by atoms with Crippen LogP contribution in [0.5, 0.6) is 0 Å². The maximum Gasteiger partial charge on any atom is 0.469 e. The monoisotopic (exact) mass is 338 g/mol. The van der Waals surface area contributed by atoms with E-state index in [0.717, 1.165) is 10.9 Å². The number of amides is 1. The molecule has 0 aromatic carbocycles. The molecule has 1 aromatic rings. The average molecular weight is 338 g/mol. The Morgan fingerprint density at radius 1 is 1.45 bits per heavy atom. The van der Waals surface area contributed by atoms with Crippen LogP contribution >= 0.6 is 7.82 Å². The molecule has 124 valence electrons. The van der Waals surface area contributed by atoms with Crippen LogP contribution < -0.4 is 11.5 Å². The number of hydrogen-bond donors (Lipinski definition) is 6. The minimum absolute atomic E-state index is 0.180. The van der Waals surface area contributed by atoms with Crippen LogP contribution in [-0.2, 0) is 13.8 Å². The maximum atomic E-state index is 11.1. The van der Waals surface area contributed by atoms with Crippen molar-refractivity contribution in [3.8, 4) is 0 Å². The van der Waals surface area contributed by atoms with Crippen LogP contribution in [0.1, 0.15) is 16.7 Å². The Labute approximate surface area is 123 Å². The van der Waals surface area contributed by atoms with Gasteiger partial charge in [0.25, 0.3) is 5.91 Å². The summed E-state index contributed by atoms with van der Waals surface area (Å²) in [7, 11) is -4.75. The lowest BCUT2D eigenvalue weighted by molar-refractivity contribution is -0.0510. The molecule has 0 spiro atoms. The fourth-order valence-electron chi connectivity index (χ4n) is 2.03. The summed E-state index contributed by atoms with van der Waals surface area (Å²) in [5.74, 6) is -1.06. The highest BCUT2D eigenvalue weighted by Gasteiger charge is 2.45. The average Bonchev–Trinajstić information content (AvgIpc) is 2.90. The summed E-state index contributed by atoms with van der Waals surface area (Å²) < 4.78 is 21.2. The molecule has 0 aliphatic carbocycles. The van der Waals surface area contributed by atoms with Crippen LogP contribution in [0.15, 0.2) is 6.33 Å². The molecule has 1 saturated heterocycles. The molecular formula is C9H15N4O8P. The number of hydrogen-bond acceptors (Lipinski definition) is 8. The number of carbonyl (C=O) groups excluding carboxylic acids is 1. The number of imidazole rings is 1. The predicted molar refractivity (Wildman–Crippen MR) is 69.1 cm³/mol. The molecule has 12 nitrogen and oxygen atoms in total. The first-order chi connectivity index (χ1) is 10.1. The van der Waals surface area contributed by atoms with Gasteiger partial charge in [-0.25, -0.2) is 9.55 Å². The van der Waals surface area contributed by atoms with Gasteiger partial charge in [-0.1, -0.05) is 0 Å². The second kappa shape index (κ2) is 5.93. The Bertz CT molecular complexity index is 615. The quantitative estimate of drug-likeness (QED) is 0.306. The lowest BCUT2D eigenvalue weighted by atomic mass is 10.1. The fraction of sp³-hybridized carbons (Fsp3) is 0.556. The second-order valence-corrected chi connectivity index (χ2v) is 5.82. The number of carbonyl (C=O) groups is 1. The number of anilines is 1. The van der Waals surface area contributed by atoms with Crippen molar-refractivity contribution < 1.29 is 38.6 Å². The molecule has 1 aromatic heterocycles. The summed E-state index contributed by atoms with van der Waals surface area (Å²) in [6.45, 7) is -0.656. The van der Waals surface area contributed by atoms with Crippen LogP contribution in [0.25, 0.3) is 0 Å². The van der Waals surface area contributed by atoms with E-state index >= 15 is 0 Å². The minimum atomic E-state index is -4.75. The van der Waals surface area contributed by atoms with Gasteiger partial charge in [-0.05, 0) is 0 Å². The number of nitrogen functional groups attached to an aromatic ring is 1. The van der Waals surface area contributed by atoms with Crippen LogP contribution in [0.4, 0.5) is 5.82 Å². The smallest absolute Gasteiger partial charge is 0.387 e. The molecular weight excluding hydrogens is 323 g/mol. The molecule has 1 aliphatic heterocycles. The minimum Gasteiger partial charge on any atom is -0.387 e. The first kappa shape index (κ1) is 16.8. The third kappa shape index (κ3) is 3.28. The zero-order chi connectivity index (χ0) is 16.7. The SMILES string of the molecule is NC(=O)c1ncn([C@@H]2O[C@H](COP(=O)(O)O)C(O)[C@H]2O)c1N. The van der Waals surface area contributed by atoms with Crippen molar-refractivity contribution in [3.05, 3.63) is 12.0 Å².